The molecule has 3 N–H and O–H groups in total. The number of halogens is 1. The summed E-state index contributed by atoms with van der Waals surface area (Å²) in [5, 5.41) is 2.48. The van der Waals surface area contributed by atoms with Gasteiger partial charge in [-0.1, -0.05) is 0 Å². The molecule has 0 saturated carbocycles. The van der Waals surface area contributed by atoms with Gasteiger partial charge in [0.2, 0.25) is 0 Å². The molecule has 0 saturated heterocycles. The fourth-order valence-corrected chi connectivity index (χ4v) is 1.81. The molecule has 120 valence electrons. The number of hydrogen-bond donors (Lipinski definition) is 2. The number of anilines is 2. The minimum Gasteiger partial charge on any atom is -0.495 e. The molecule has 0 aliphatic carbocycles. The molecule has 0 spiro atoms. The lowest BCUT2D eigenvalue weighted by atomic mass is 10.2. The van der Waals surface area contributed by atoms with E-state index in [4.69, 9.17) is 15.2 Å². The van der Waals surface area contributed by atoms with E-state index in [1.165, 1.54) is 49.6 Å². The van der Waals surface area contributed by atoms with Gasteiger partial charge >= 0.3 is 5.97 Å². The molecule has 1 amide bonds. The summed E-state index contributed by atoms with van der Waals surface area (Å²) < 4.78 is 22.6. The molecule has 0 radical (unpaired) electrons. The predicted molar refractivity (Wildman–Crippen MR) is 82.7 cm³/mol. The SMILES string of the molecule is COc1ccc(C(=O)OCC(=O)Nc2ccc(F)cc2)cc1N. The van der Waals surface area contributed by atoms with Crippen LogP contribution in [0.1, 0.15) is 10.4 Å². The van der Waals surface area contributed by atoms with Crippen molar-refractivity contribution in [3.05, 3.63) is 53.8 Å². The summed E-state index contributed by atoms with van der Waals surface area (Å²) in [4.78, 5) is 23.5. The van der Waals surface area contributed by atoms with Gasteiger partial charge in [-0.25, -0.2) is 9.18 Å². The highest BCUT2D eigenvalue weighted by Gasteiger charge is 2.12. The second-order valence-corrected chi connectivity index (χ2v) is 4.59. The van der Waals surface area contributed by atoms with Crippen molar-refractivity contribution in [2.75, 3.05) is 24.8 Å². The zero-order chi connectivity index (χ0) is 16.8. The van der Waals surface area contributed by atoms with Gasteiger partial charge in [-0.2, -0.15) is 0 Å². The standard InChI is InChI=1S/C16H15FN2O4/c1-22-14-7-2-10(8-13(14)18)16(21)23-9-15(20)19-12-5-3-11(17)4-6-12/h2-8H,9,18H2,1H3,(H,19,20). The summed E-state index contributed by atoms with van der Waals surface area (Å²) in [6.07, 6.45) is 0. The van der Waals surface area contributed by atoms with Gasteiger partial charge < -0.3 is 20.5 Å². The largest absolute Gasteiger partial charge is 0.495 e. The fraction of sp³-hybridized carbons (Fsp3) is 0.125. The number of methoxy groups -OCH3 is 1. The number of rotatable bonds is 5. The average Bonchev–Trinajstić information content (AvgIpc) is 2.54. The monoisotopic (exact) mass is 318 g/mol. The maximum absolute atomic E-state index is 12.8. The highest BCUT2D eigenvalue weighted by molar-refractivity contribution is 5.96. The Bertz CT molecular complexity index is 717. The lowest BCUT2D eigenvalue weighted by molar-refractivity contribution is -0.119. The molecule has 6 nitrogen and oxygen atoms in total. The smallest absolute Gasteiger partial charge is 0.338 e. The Hall–Kier alpha value is -3.09. The molecule has 2 rings (SSSR count). The van der Waals surface area contributed by atoms with Crippen LogP contribution in [0.15, 0.2) is 42.5 Å². The number of carbonyl (C=O) groups excluding carboxylic acids is 2. The number of hydrogen-bond acceptors (Lipinski definition) is 5. The Morgan fingerprint density at radius 1 is 1.17 bits per heavy atom. The molecular formula is C16H15FN2O4. The number of benzene rings is 2. The van der Waals surface area contributed by atoms with Gasteiger partial charge in [-0.15, -0.1) is 0 Å². The number of amides is 1. The van der Waals surface area contributed by atoms with E-state index in [0.29, 0.717) is 11.4 Å². The van der Waals surface area contributed by atoms with E-state index in [0.717, 1.165) is 0 Å². The molecule has 0 heterocycles. The first-order chi connectivity index (χ1) is 11.0. The number of nitrogens with one attached hydrogen (secondary N) is 1. The highest BCUT2D eigenvalue weighted by atomic mass is 19.1. The third kappa shape index (κ3) is 4.44. The Balaban J connectivity index is 1.89. The van der Waals surface area contributed by atoms with Crippen LogP contribution in [0, 0.1) is 5.82 Å². The van der Waals surface area contributed by atoms with Crippen LogP contribution in [-0.4, -0.2) is 25.6 Å². The average molecular weight is 318 g/mol. The van der Waals surface area contributed by atoms with E-state index in [-0.39, 0.29) is 11.3 Å². The molecule has 0 atom stereocenters. The molecule has 0 bridgehead atoms. The van der Waals surface area contributed by atoms with Crippen molar-refractivity contribution >= 4 is 23.3 Å². The first-order valence-corrected chi connectivity index (χ1v) is 6.65. The van der Waals surface area contributed by atoms with E-state index in [1.54, 1.807) is 0 Å². The quantitative estimate of drug-likeness (QED) is 0.651. The number of nitrogen functional groups attached to an aromatic ring is 1. The fourth-order valence-electron chi connectivity index (χ4n) is 1.81. The van der Waals surface area contributed by atoms with Gasteiger partial charge in [0.05, 0.1) is 18.4 Å². The van der Waals surface area contributed by atoms with Crippen molar-refractivity contribution in [2.45, 2.75) is 0 Å². The Morgan fingerprint density at radius 2 is 1.87 bits per heavy atom. The van der Waals surface area contributed by atoms with Crippen LogP contribution in [-0.2, 0) is 9.53 Å². The predicted octanol–water partition coefficient (Wildman–Crippen LogP) is 2.21. The minimum atomic E-state index is -0.686. The topological polar surface area (TPSA) is 90.6 Å². The summed E-state index contributed by atoms with van der Waals surface area (Å²) in [5.41, 5.74) is 6.60. The first kappa shape index (κ1) is 16.3. The van der Waals surface area contributed by atoms with Gasteiger partial charge in [-0.05, 0) is 42.5 Å². The van der Waals surface area contributed by atoms with Gasteiger partial charge in [0.15, 0.2) is 6.61 Å². The van der Waals surface area contributed by atoms with Crippen LogP contribution in [0.2, 0.25) is 0 Å². The zero-order valence-electron chi connectivity index (χ0n) is 12.3. The van der Waals surface area contributed by atoms with Crippen LogP contribution in [0.25, 0.3) is 0 Å². The lowest BCUT2D eigenvalue weighted by Gasteiger charge is -2.08. The van der Waals surface area contributed by atoms with Crippen LogP contribution >= 0.6 is 0 Å². The molecule has 2 aromatic carbocycles. The number of esters is 1. The van der Waals surface area contributed by atoms with E-state index >= 15 is 0 Å². The zero-order valence-corrected chi connectivity index (χ0v) is 12.3. The Labute approximate surface area is 132 Å². The number of carbonyl (C=O) groups is 2. The van der Waals surface area contributed by atoms with Gasteiger partial charge in [0.1, 0.15) is 11.6 Å². The molecule has 23 heavy (non-hydrogen) atoms. The molecule has 0 aromatic heterocycles. The molecule has 7 heteroatoms. The maximum Gasteiger partial charge on any atom is 0.338 e. The van der Waals surface area contributed by atoms with Crippen molar-refractivity contribution in [3.63, 3.8) is 0 Å². The molecule has 2 aromatic rings. The van der Waals surface area contributed by atoms with Crippen molar-refractivity contribution in [3.8, 4) is 5.75 Å². The van der Waals surface area contributed by atoms with Crippen LogP contribution < -0.4 is 15.8 Å². The summed E-state index contributed by atoms with van der Waals surface area (Å²) in [6.45, 7) is -0.470. The van der Waals surface area contributed by atoms with Crippen LogP contribution in [0.4, 0.5) is 15.8 Å². The summed E-state index contributed by atoms with van der Waals surface area (Å²) in [5.74, 6) is -1.19. The molecule has 0 aliphatic heterocycles. The normalized spacial score (nSPS) is 10.0. The van der Waals surface area contributed by atoms with Crippen LogP contribution in [0.5, 0.6) is 5.75 Å². The van der Waals surface area contributed by atoms with Crippen molar-refractivity contribution in [2.24, 2.45) is 0 Å². The first-order valence-electron chi connectivity index (χ1n) is 6.65. The molecule has 0 fully saturated rings. The van der Waals surface area contributed by atoms with E-state index in [2.05, 4.69) is 5.32 Å². The third-order valence-electron chi connectivity index (χ3n) is 2.93. The Morgan fingerprint density at radius 3 is 2.48 bits per heavy atom. The highest BCUT2D eigenvalue weighted by Crippen LogP contribution is 2.22. The second-order valence-electron chi connectivity index (χ2n) is 4.59. The summed E-state index contributed by atoms with van der Waals surface area (Å²) >= 11 is 0. The van der Waals surface area contributed by atoms with E-state index in [9.17, 15) is 14.0 Å². The number of nitrogens with two attached hydrogens (primary N) is 1. The summed E-state index contributed by atoms with van der Waals surface area (Å²) in [7, 11) is 1.46. The minimum absolute atomic E-state index is 0.206. The van der Waals surface area contributed by atoms with E-state index < -0.39 is 24.3 Å². The van der Waals surface area contributed by atoms with Crippen molar-refractivity contribution in [1.82, 2.24) is 0 Å². The molecule has 0 aliphatic rings. The summed E-state index contributed by atoms with van der Waals surface area (Å²) in [6, 6.07) is 9.64. The van der Waals surface area contributed by atoms with Crippen molar-refractivity contribution < 1.29 is 23.5 Å². The van der Waals surface area contributed by atoms with Crippen molar-refractivity contribution in [1.29, 1.82) is 0 Å². The Kier molecular flexibility index (Phi) is 5.14. The number of ether oxygens (including phenoxy) is 2. The molecular weight excluding hydrogens is 303 g/mol. The van der Waals surface area contributed by atoms with Gasteiger partial charge in [0.25, 0.3) is 5.91 Å². The molecule has 0 unspecified atom stereocenters. The van der Waals surface area contributed by atoms with Crippen LogP contribution in [0.3, 0.4) is 0 Å². The lowest BCUT2D eigenvalue weighted by Crippen LogP contribution is -2.21. The van der Waals surface area contributed by atoms with E-state index in [1.807, 2.05) is 0 Å². The second kappa shape index (κ2) is 7.26. The van der Waals surface area contributed by atoms with Gasteiger partial charge in [-0.3, -0.25) is 4.79 Å². The maximum atomic E-state index is 12.8. The van der Waals surface area contributed by atoms with Gasteiger partial charge in [0, 0.05) is 5.69 Å². The third-order valence-corrected chi connectivity index (χ3v) is 2.93.